The van der Waals surface area contributed by atoms with E-state index in [2.05, 4.69) is 0 Å². The molecule has 0 radical (unpaired) electrons. The van der Waals surface area contributed by atoms with Gasteiger partial charge in [0.05, 0.1) is 12.1 Å². The van der Waals surface area contributed by atoms with Gasteiger partial charge in [0.1, 0.15) is 0 Å². The van der Waals surface area contributed by atoms with Crippen molar-refractivity contribution in [3.8, 4) is 0 Å². The fourth-order valence-electron chi connectivity index (χ4n) is 1.25. The topological polar surface area (TPSA) is 40.5 Å². The number of aliphatic hydroxyl groups excluding tert-OH is 1. The number of carbonyl (C=O) groups is 1. The van der Waals surface area contributed by atoms with Crippen LogP contribution in [0.2, 0.25) is 0 Å². The average Bonchev–Trinajstić information content (AvgIpc) is 2.27. The summed E-state index contributed by atoms with van der Waals surface area (Å²) >= 11 is 0. The molecule has 0 saturated carbocycles. The summed E-state index contributed by atoms with van der Waals surface area (Å²) < 4.78 is 0. The van der Waals surface area contributed by atoms with Crippen molar-refractivity contribution in [1.82, 2.24) is 4.90 Å². The third-order valence-corrected chi connectivity index (χ3v) is 2.41. The van der Waals surface area contributed by atoms with E-state index in [1.165, 1.54) is 4.90 Å². The van der Waals surface area contributed by atoms with Crippen molar-refractivity contribution in [2.75, 3.05) is 7.05 Å². The van der Waals surface area contributed by atoms with Crippen LogP contribution in [0.25, 0.3) is 0 Å². The van der Waals surface area contributed by atoms with Crippen molar-refractivity contribution in [3.05, 3.63) is 35.9 Å². The average molecular weight is 193 g/mol. The fraction of sp³-hybridized carbons (Fsp3) is 0.364. The van der Waals surface area contributed by atoms with E-state index in [1.54, 1.807) is 7.05 Å². The number of aliphatic hydroxyl groups is 1. The molecule has 0 bridgehead atoms. The maximum atomic E-state index is 10.5. The molecule has 76 valence electrons. The zero-order valence-corrected chi connectivity index (χ0v) is 8.42. The first-order chi connectivity index (χ1) is 6.66. The molecule has 1 aromatic carbocycles. The summed E-state index contributed by atoms with van der Waals surface area (Å²) in [5.74, 6) is 0. The molecule has 0 unspecified atom stereocenters. The molecule has 3 nitrogen and oxygen atoms in total. The molecule has 2 atom stereocenters. The first-order valence-electron chi connectivity index (χ1n) is 4.57. The highest BCUT2D eigenvalue weighted by Crippen LogP contribution is 2.18. The molecule has 14 heavy (non-hydrogen) atoms. The number of hydrogen-bond donors (Lipinski definition) is 1. The van der Waals surface area contributed by atoms with Crippen molar-refractivity contribution >= 4 is 6.41 Å². The summed E-state index contributed by atoms with van der Waals surface area (Å²) in [4.78, 5) is 12.0. The second-order valence-electron chi connectivity index (χ2n) is 3.37. The second-order valence-corrected chi connectivity index (χ2v) is 3.37. The van der Waals surface area contributed by atoms with E-state index in [9.17, 15) is 9.90 Å². The first-order valence-corrected chi connectivity index (χ1v) is 4.57. The van der Waals surface area contributed by atoms with Crippen LogP contribution >= 0.6 is 0 Å². The number of amides is 1. The molecule has 1 amide bonds. The van der Waals surface area contributed by atoms with Gasteiger partial charge in [-0.25, -0.2) is 0 Å². The predicted molar refractivity (Wildman–Crippen MR) is 54.7 cm³/mol. The van der Waals surface area contributed by atoms with E-state index in [1.807, 2.05) is 37.3 Å². The van der Waals surface area contributed by atoms with E-state index < -0.39 is 6.10 Å². The van der Waals surface area contributed by atoms with Crippen LogP contribution in [0.1, 0.15) is 18.6 Å². The Morgan fingerprint density at radius 3 is 2.43 bits per heavy atom. The normalized spacial score (nSPS) is 14.5. The highest BCUT2D eigenvalue weighted by atomic mass is 16.3. The molecule has 0 heterocycles. The lowest BCUT2D eigenvalue weighted by molar-refractivity contribution is -0.120. The van der Waals surface area contributed by atoms with Gasteiger partial charge < -0.3 is 10.0 Å². The summed E-state index contributed by atoms with van der Waals surface area (Å²) in [5.41, 5.74) is 0.828. The Hall–Kier alpha value is -1.35. The van der Waals surface area contributed by atoms with Gasteiger partial charge in [0, 0.05) is 7.05 Å². The van der Waals surface area contributed by atoms with Crippen molar-refractivity contribution in [2.24, 2.45) is 0 Å². The maximum absolute atomic E-state index is 10.5. The molecule has 0 aliphatic rings. The Bertz CT molecular complexity index is 287. The largest absolute Gasteiger partial charge is 0.386 e. The van der Waals surface area contributed by atoms with Gasteiger partial charge in [0.25, 0.3) is 0 Å². The van der Waals surface area contributed by atoms with Gasteiger partial charge in [-0.2, -0.15) is 0 Å². The standard InChI is InChI=1S/C11H15NO2/c1-9(12(2)8-13)11(14)10-6-4-3-5-7-10/h3-9,11,14H,1-2H3/t9-,11-/m1/s1. The number of rotatable bonds is 4. The van der Waals surface area contributed by atoms with Crippen LogP contribution in [0.4, 0.5) is 0 Å². The Labute approximate surface area is 84.0 Å². The van der Waals surface area contributed by atoms with Gasteiger partial charge in [0.15, 0.2) is 0 Å². The van der Waals surface area contributed by atoms with E-state index in [0.29, 0.717) is 0 Å². The molecule has 0 aromatic heterocycles. The smallest absolute Gasteiger partial charge is 0.209 e. The van der Waals surface area contributed by atoms with E-state index in [4.69, 9.17) is 0 Å². The van der Waals surface area contributed by atoms with Crippen LogP contribution < -0.4 is 0 Å². The van der Waals surface area contributed by atoms with Gasteiger partial charge in [-0.3, -0.25) is 4.79 Å². The number of likely N-dealkylation sites (N-methyl/N-ethyl adjacent to an activating group) is 1. The SMILES string of the molecule is C[C@H]([C@@H](O)c1ccccc1)N(C)C=O. The summed E-state index contributed by atoms with van der Waals surface area (Å²) in [6, 6.07) is 9.11. The monoisotopic (exact) mass is 193 g/mol. The predicted octanol–water partition coefficient (Wildman–Crippen LogP) is 1.20. The molecule has 0 saturated heterocycles. The molecule has 3 heteroatoms. The van der Waals surface area contributed by atoms with Gasteiger partial charge in [-0.1, -0.05) is 30.3 Å². The Morgan fingerprint density at radius 1 is 1.36 bits per heavy atom. The lowest BCUT2D eigenvalue weighted by Gasteiger charge is -2.25. The number of benzene rings is 1. The Balaban J connectivity index is 2.75. The molecule has 0 aliphatic carbocycles. The molecule has 0 spiro atoms. The molecule has 0 aliphatic heterocycles. The van der Waals surface area contributed by atoms with E-state index in [-0.39, 0.29) is 6.04 Å². The van der Waals surface area contributed by atoms with Gasteiger partial charge in [0.2, 0.25) is 6.41 Å². The lowest BCUT2D eigenvalue weighted by Crippen LogP contribution is -2.33. The van der Waals surface area contributed by atoms with Crippen molar-refractivity contribution in [3.63, 3.8) is 0 Å². The van der Waals surface area contributed by atoms with Crippen LogP contribution in [-0.4, -0.2) is 29.5 Å². The van der Waals surface area contributed by atoms with E-state index >= 15 is 0 Å². The molecular formula is C11H15NO2. The summed E-state index contributed by atoms with van der Waals surface area (Å²) in [6.45, 7) is 1.81. The van der Waals surface area contributed by atoms with Crippen LogP contribution in [0, 0.1) is 0 Å². The molecule has 0 fully saturated rings. The highest BCUT2D eigenvalue weighted by Gasteiger charge is 2.18. The minimum Gasteiger partial charge on any atom is -0.386 e. The summed E-state index contributed by atoms with van der Waals surface area (Å²) in [5, 5.41) is 9.89. The minimum absolute atomic E-state index is 0.213. The Kier molecular flexibility index (Phi) is 3.65. The molecular weight excluding hydrogens is 178 g/mol. The lowest BCUT2D eigenvalue weighted by atomic mass is 10.0. The molecule has 1 rings (SSSR count). The quantitative estimate of drug-likeness (QED) is 0.730. The van der Waals surface area contributed by atoms with Crippen molar-refractivity contribution in [2.45, 2.75) is 19.1 Å². The van der Waals surface area contributed by atoms with Crippen molar-refractivity contribution < 1.29 is 9.90 Å². The number of nitrogens with zero attached hydrogens (tertiary/aromatic N) is 1. The van der Waals surface area contributed by atoms with Gasteiger partial charge in [-0.15, -0.1) is 0 Å². The minimum atomic E-state index is -0.633. The third-order valence-electron chi connectivity index (χ3n) is 2.41. The summed E-state index contributed by atoms with van der Waals surface area (Å²) in [7, 11) is 1.66. The molecule has 1 aromatic rings. The Morgan fingerprint density at radius 2 is 1.93 bits per heavy atom. The van der Waals surface area contributed by atoms with Gasteiger partial charge >= 0.3 is 0 Å². The second kappa shape index (κ2) is 4.77. The zero-order valence-electron chi connectivity index (χ0n) is 8.42. The van der Waals surface area contributed by atoms with Gasteiger partial charge in [-0.05, 0) is 12.5 Å². The third kappa shape index (κ3) is 2.33. The zero-order chi connectivity index (χ0) is 10.6. The number of hydrogen-bond acceptors (Lipinski definition) is 2. The van der Waals surface area contributed by atoms with E-state index in [0.717, 1.165) is 12.0 Å². The van der Waals surface area contributed by atoms with Crippen LogP contribution in [0.3, 0.4) is 0 Å². The summed E-state index contributed by atoms with van der Waals surface area (Å²) in [6.07, 6.45) is 0.0861. The van der Waals surface area contributed by atoms with Crippen molar-refractivity contribution in [1.29, 1.82) is 0 Å². The van der Waals surface area contributed by atoms with Crippen LogP contribution in [-0.2, 0) is 4.79 Å². The molecule has 1 N–H and O–H groups in total. The fourth-order valence-corrected chi connectivity index (χ4v) is 1.25. The van der Waals surface area contributed by atoms with Crippen LogP contribution in [0.15, 0.2) is 30.3 Å². The maximum Gasteiger partial charge on any atom is 0.209 e. The van der Waals surface area contributed by atoms with Crippen LogP contribution in [0.5, 0.6) is 0 Å². The number of carbonyl (C=O) groups excluding carboxylic acids is 1. The first kappa shape index (κ1) is 10.7. The highest BCUT2D eigenvalue weighted by molar-refractivity contribution is 5.47.